The molecule has 0 saturated heterocycles. The fourth-order valence-corrected chi connectivity index (χ4v) is 3.61. The summed E-state index contributed by atoms with van der Waals surface area (Å²) in [4.78, 5) is 14.9. The molecule has 0 bridgehead atoms. The second-order valence-corrected chi connectivity index (χ2v) is 6.78. The van der Waals surface area contributed by atoms with E-state index in [1.807, 2.05) is 23.2 Å². The van der Waals surface area contributed by atoms with Crippen LogP contribution in [0.5, 0.6) is 0 Å². The van der Waals surface area contributed by atoms with E-state index in [0.29, 0.717) is 18.6 Å². The Labute approximate surface area is 128 Å². The molecule has 2 aliphatic carbocycles. The molecule has 2 fully saturated rings. The molecule has 0 unspecified atom stereocenters. The first kappa shape index (κ1) is 13.9. The molecule has 3 rings (SSSR count). The van der Waals surface area contributed by atoms with Crippen molar-refractivity contribution < 1.29 is 4.79 Å². The SMILES string of the molecule is C=CCN(C(=O)c1cc(Br)cn1C1CC1)C1CCCC1. The van der Waals surface area contributed by atoms with Crippen LogP contribution in [-0.4, -0.2) is 28.0 Å². The van der Waals surface area contributed by atoms with Crippen molar-refractivity contribution in [3.05, 3.63) is 35.1 Å². The Morgan fingerprint density at radius 2 is 2.10 bits per heavy atom. The molecule has 1 aromatic rings. The predicted octanol–water partition coefficient (Wildman–Crippen LogP) is 4.16. The topological polar surface area (TPSA) is 25.2 Å². The normalized spacial score (nSPS) is 19.2. The minimum Gasteiger partial charge on any atom is -0.339 e. The second kappa shape index (κ2) is 5.76. The fourth-order valence-electron chi connectivity index (χ4n) is 3.17. The smallest absolute Gasteiger partial charge is 0.271 e. The van der Waals surface area contributed by atoms with Crippen LogP contribution >= 0.6 is 15.9 Å². The van der Waals surface area contributed by atoms with E-state index in [0.717, 1.165) is 23.0 Å². The van der Waals surface area contributed by atoms with Crippen LogP contribution in [0.4, 0.5) is 0 Å². The highest BCUT2D eigenvalue weighted by molar-refractivity contribution is 9.10. The lowest BCUT2D eigenvalue weighted by atomic mass is 10.2. The minimum atomic E-state index is 0.161. The quantitative estimate of drug-likeness (QED) is 0.741. The Morgan fingerprint density at radius 3 is 2.70 bits per heavy atom. The number of hydrogen-bond acceptors (Lipinski definition) is 1. The molecule has 0 atom stereocenters. The molecule has 1 heterocycles. The van der Waals surface area contributed by atoms with Crippen LogP contribution in [0, 0.1) is 0 Å². The van der Waals surface area contributed by atoms with Gasteiger partial charge in [-0.2, -0.15) is 0 Å². The summed E-state index contributed by atoms with van der Waals surface area (Å²) in [6, 6.07) is 2.88. The van der Waals surface area contributed by atoms with Crippen molar-refractivity contribution in [1.82, 2.24) is 9.47 Å². The van der Waals surface area contributed by atoms with Gasteiger partial charge in [0.25, 0.3) is 5.91 Å². The Bertz CT molecular complexity index is 513. The molecule has 1 aromatic heterocycles. The highest BCUT2D eigenvalue weighted by Gasteiger charge is 2.32. The lowest BCUT2D eigenvalue weighted by Crippen LogP contribution is -2.39. The summed E-state index contributed by atoms with van der Waals surface area (Å²) in [5, 5.41) is 0. The number of nitrogens with zero attached hydrogens (tertiary/aromatic N) is 2. The monoisotopic (exact) mass is 336 g/mol. The van der Waals surface area contributed by atoms with Gasteiger partial charge in [0.15, 0.2) is 0 Å². The van der Waals surface area contributed by atoms with Gasteiger partial charge in [0.1, 0.15) is 5.69 Å². The molecule has 0 aliphatic heterocycles. The number of hydrogen-bond donors (Lipinski definition) is 0. The van der Waals surface area contributed by atoms with Crippen LogP contribution in [0.15, 0.2) is 29.4 Å². The van der Waals surface area contributed by atoms with Crippen LogP contribution in [0.25, 0.3) is 0 Å². The number of amides is 1. The van der Waals surface area contributed by atoms with Crippen molar-refractivity contribution in [3.8, 4) is 0 Å². The van der Waals surface area contributed by atoms with Crippen molar-refractivity contribution in [2.24, 2.45) is 0 Å². The van der Waals surface area contributed by atoms with Crippen molar-refractivity contribution in [3.63, 3.8) is 0 Å². The van der Waals surface area contributed by atoms with E-state index in [2.05, 4.69) is 27.1 Å². The molecule has 0 N–H and O–H groups in total. The Kier molecular flexibility index (Phi) is 4.01. The van der Waals surface area contributed by atoms with E-state index in [1.54, 1.807) is 0 Å². The lowest BCUT2D eigenvalue weighted by Gasteiger charge is -2.28. The fraction of sp³-hybridized carbons (Fsp3) is 0.562. The Morgan fingerprint density at radius 1 is 1.40 bits per heavy atom. The third kappa shape index (κ3) is 2.71. The molecule has 0 radical (unpaired) electrons. The highest BCUT2D eigenvalue weighted by Crippen LogP contribution is 2.38. The van der Waals surface area contributed by atoms with Gasteiger partial charge < -0.3 is 9.47 Å². The van der Waals surface area contributed by atoms with Gasteiger partial charge in [0, 0.05) is 29.3 Å². The molecule has 3 nitrogen and oxygen atoms in total. The van der Waals surface area contributed by atoms with Crippen molar-refractivity contribution >= 4 is 21.8 Å². The summed E-state index contributed by atoms with van der Waals surface area (Å²) < 4.78 is 3.15. The van der Waals surface area contributed by atoms with Gasteiger partial charge in [0.05, 0.1) is 0 Å². The summed E-state index contributed by atoms with van der Waals surface area (Å²) in [5.74, 6) is 0.161. The molecule has 4 heteroatoms. The molecule has 0 aromatic carbocycles. The van der Waals surface area contributed by atoms with Gasteiger partial charge in [-0.1, -0.05) is 18.9 Å². The number of rotatable bonds is 5. The summed E-state index contributed by atoms with van der Waals surface area (Å²) >= 11 is 3.51. The maximum absolute atomic E-state index is 12.9. The number of carbonyl (C=O) groups excluding carboxylic acids is 1. The molecule has 0 spiro atoms. The first-order valence-electron chi connectivity index (χ1n) is 7.50. The third-order valence-corrected chi connectivity index (χ3v) is 4.76. The van der Waals surface area contributed by atoms with Crippen LogP contribution < -0.4 is 0 Å². The largest absolute Gasteiger partial charge is 0.339 e. The van der Waals surface area contributed by atoms with Crippen molar-refractivity contribution in [2.45, 2.75) is 50.6 Å². The zero-order valence-corrected chi connectivity index (χ0v) is 13.3. The van der Waals surface area contributed by atoms with E-state index in [1.165, 1.54) is 25.7 Å². The maximum Gasteiger partial charge on any atom is 0.271 e. The standard InChI is InChI=1S/C16H21BrN2O/c1-2-9-18(13-5-3-4-6-13)16(20)15-10-12(17)11-19(15)14-7-8-14/h2,10-11,13-14H,1,3-9H2. The average molecular weight is 337 g/mol. The predicted molar refractivity (Wildman–Crippen MR) is 83.9 cm³/mol. The number of aromatic nitrogens is 1. The van der Waals surface area contributed by atoms with E-state index < -0.39 is 0 Å². The summed E-state index contributed by atoms with van der Waals surface area (Å²) in [7, 11) is 0. The summed E-state index contributed by atoms with van der Waals surface area (Å²) in [6.07, 6.45) is 11.0. The summed E-state index contributed by atoms with van der Waals surface area (Å²) in [6.45, 7) is 4.46. The van der Waals surface area contributed by atoms with E-state index in [-0.39, 0.29) is 5.91 Å². The molecule has 1 amide bonds. The van der Waals surface area contributed by atoms with E-state index in [9.17, 15) is 4.79 Å². The molecular formula is C16H21BrN2O. The van der Waals surface area contributed by atoms with Gasteiger partial charge in [-0.05, 0) is 47.7 Å². The van der Waals surface area contributed by atoms with E-state index in [4.69, 9.17) is 0 Å². The van der Waals surface area contributed by atoms with Gasteiger partial charge in [-0.25, -0.2) is 0 Å². The van der Waals surface area contributed by atoms with Crippen molar-refractivity contribution in [2.75, 3.05) is 6.54 Å². The lowest BCUT2D eigenvalue weighted by molar-refractivity contribution is 0.0695. The van der Waals surface area contributed by atoms with Crippen LogP contribution in [0.2, 0.25) is 0 Å². The van der Waals surface area contributed by atoms with Gasteiger partial charge in [0.2, 0.25) is 0 Å². The van der Waals surface area contributed by atoms with Crippen LogP contribution in [0.1, 0.15) is 55.1 Å². The van der Waals surface area contributed by atoms with Gasteiger partial charge in [-0.15, -0.1) is 6.58 Å². The first-order chi connectivity index (χ1) is 9.70. The molecule has 20 heavy (non-hydrogen) atoms. The van der Waals surface area contributed by atoms with Gasteiger partial charge >= 0.3 is 0 Å². The van der Waals surface area contributed by atoms with E-state index >= 15 is 0 Å². The van der Waals surface area contributed by atoms with Crippen molar-refractivity contribution in [1.29, 1.82) is 0 Å². The highest BCUT2D eigenvalue weighted by atomic mass is 79.9. The Balaban J connectivity index is 1.86. The molecule has 2 aliphatic rings. The zero-order chi connectivity index (χ0) is 14.1. The zero-order valence-electron chi connectivity index (χ0n) is 11.7. The second-order valence-electron chi connectivity index (χ2n) is 5.87. The third-order valence-electron chi connectivity index (χ3n) is 4.33. The van der Waals surface area contributed by atoms with Crippen LogP contribution in [0.3, 0.4) is 0 Å². The summed E-state index contributed by atoms with van der Waals surface area (Å²) in [5.41, 5.74) is 0.827. The maximum atomic E-state index is 12.9. The minimum absolute atomic E-state index is 0.161. The first-order valence-corrected chi connectivity index (χ1v) is 8.29. The average Bonchev–Trinajstić information content (AvgIpc) is 2.99. The van der Waals surface area contributed by atoms with Crippen LogP contribution in [-0.2, 0) is 0 Å². The number of carbonyl (C=O) groups is 1. The molecule has 108 valence electrons. The molecule has 2 saturated carbocycles. The Hall–Kier alpha value is -1.03. The number of halogens is 1. The van der Waals surface area contributed by atoms with Gasteiger partial charge in [-0.3, -0.25) is 4.79 Å². The molecular weight excluding hydrogens is 316 g/mol.